The lowest BCUT2D eigenvalue weighted by atomic mass is 9.93. The number of para-hydroxylation sites is 1. The van der Waals surface area contributed by atoms with Crippen molar-refractivity contribution in [1.29, 1.82) is 0 Å². The molecule has 0 fully saturated rings. The van der Waals surface area contributed by atoms with Crippen molar-refractivity contribution in [1.82, 2.24) is 4.90 Å². The summed E-state index contributed by atoms with van der Waals surface area (Å²) in [6.45, 7) is 1.32. The third-order valence-corrected chi connectivity index (χ3v) is 6.03. The number of carbonyl (C=O) groups is 1. The fourth-order valence-corrected chi connectivity index (χ4v) is 4.54. The van der Waals surface area contributed by atoms with E-state index in [2.05, 4.69) is 40.6 Å². The molecule has 0 saturated heterocycles. The quantitative estimate of drug-likeness (QED) is 0.688. The molecule has 132 valence electrons. The first kappa shape index (κ1) is 17.0. The van der Waals surface area contributed by atoms with Crippen molar-refractivity contribution in [2.24, 2.45) is 0 Å². The highest BCUT2D eigenvalue weighted by Crippen LogP contribution is 2.37. The molecule has 1 aliphatic rings. The van der Waals surface area contributed by atoms with Gasteiger partial charge in [0.05, 0.1) is 12.6 Å². The summed E-state index contributed by atoms with van der Waals surface area (Å²) in [6.07, 6.45) is 1.01. The van der Waals surface area contributed by atoms with Crippen LogP contribution < -0.4 is 4.90 Å². The maximum Gasteiger partial charge on any atom is 0.240 e. The molecule has 3 aromatic rings. The molecule has 1 aromatic heterocycles. The maximum absolute atomic E-state index is 12.9. The van der Waals surface area contributed by atoms with Gasteiger partial charge in [0.1, 0.15) is 0 Å². The van der Waals surface area contributed by atoms with Gasteiger partial charge in [-0.2, -0.15) is 0 Å². The van der Waals surface area contributed by atoms with Crippen LogP contribution in [0.4, 0.5) is 5.69 Å². The second-order valence-corrected chi connectivity index (χ2v) is 7.62. The van der Waals surface area contributed by atoms with E-state index in [0.717, 1.165) is 18.7 Å². The first-order valence-electron chi connectivity index (χ1n) is 8.91. The summed E-state index contributed by atoms with van der Waals surface area (Å²) in [5.41, 5.74) is 3.53. The fourth-order valence-electron chi connectivity index (χ4n) is 3.64. The van der Waals surface area contributed by atoms with Crippen LogP contribution in [0.2, 0.25) is 0 Å². The Kier molecular flexibility index (Phi) is 4.87. The van der Waals surface area contributed by atoms with Crippen LogP contribution in [-0.4, -0.2) is 30.9 Å². The average Bonchev–Trinajstić information content (AvgIpc) is 3.17. The van der Waals surface area contributed by atoms with E-state index in [0.29, 0.717) is 6.54 Å². The van der Waals surface area contributed by atoms with Gasteiger partial charge in [-0.15, -0.1) is 11.3 Å². The molecular weight excluding hydrogens is 340 g/mol. The van der Waals surface area contributed by atoms with Crippen molar-refractivity contribution in [3.05, 3.63) is 88.1 Å². The first-order valence-corrected chi connectivity index (χ1v) is 9.79. The molecular formula is C22H22N2OS. The Labute approximate surface area is 158 Å². The summed E-state index contributed by atoms with van der Waals surface area (Å²) in [5, 5.41) is 2.17. The number of hydrogen-bond donors (Lipinski definition) is 0. The maximum atomic E-state index is 12.9. The molecule has 26 heavy (non-hydrogen) atoms. The van der Waals surface area contributed by atoms with Crippen LogP contribution in [0.5, 0.6) is 0 Å². The number of carbonyl (C=O) groups excluding carboxylic acids is 1. The van der Waals surface area contributed by atoms with Gasteiger partial charge in [0.2, 0.25) is 5.91 Å². The Bertz CT molecular complexity index is 875. The normalized spacial score (nSPS) is 16.9. The Morgan fingerprint density at radius 2 is 1.77 bits per heavy atom. The van der Waals surface area contributed by atoms with E-state index in [-0.39, 0.29) is 11.9 Å². The zero-order valence-electron chi connectivity index (χ0n) is 14.8. The first-order chi connectivity index (χ1) is 12.7. The molecule has 0 aliphatic carbocycles. The lowest BCUT2D eigenvalue weighted by Gasteiger charge is -2.36. The number of likely N-dealkylation sites (N-methyl/N-ethyl adjacent to an activating group) is 1. The SMILES string of the molecule is CN(C(=O)CN1CCc2sccc2[C@@H]1c1ccccc1)c1ccccc1. The fraction of sp³-hybridized carbons (Fsp3) is 0.227. The topological polar surface area (TPSA) is 23.6 Å². The molecule has 0 N–H and O–H groups in total. The predicted molar refractivity (Wildman–Crippen MR) is 108 cm³/mol. The molecule has 1 amide bonds. The zero-order chi connectivity index (χ0) is 17.9. The predicted octanol–water partition coefficient (Wildman–Crippen LogP) is 4.36. The van der Waals surface area contributed by atoms with E-state index in [1.54, 1.807) is 4.90 Å². The molecule has 1 atom stereocenters. The number of amides is 1. The van der Waals surface area contributed by atoms with E-state index in [9.17, 15) is 4.79 Å². The van der Waals surface area contributed by atoms with E-state index in [1.807, 2.05) is 54.8 Å². The van der Waals surface area contributed by atoms with Crippen molar-refractivity contribution >= 4 is 22.9 Å². The van der Waals surface area contributed by atoms with Crippen molar-refractivity contribution in [3.63, 3.8) is 0 Å². The van der Waals surface area contributed by atoms with Crippen molar-refractivity contribution in [2.45, 2.75) is 12.5 Å². The lowest BCUT2D eigenvalue weighted by molar-refractivity contribution is -0.119. The van der Waals surface area contributed by atoms with E-state index in [1.165, 1.54) is 16.0 Å². The highest BCUT2D eigenvalue weighted by atomic mass is 32.1. The standard InChI is InChI=1S/C22H22N2OS/c1-23(18-10-6-3-7-11-18)21(25)16-24-14-12-20-19(13-15-26-20)22(24)17-8-4-2-5-9-17/h2-11,13,15,22H,12,14,16H2,1H3/t22-/m0/s1. The van der Waals surface area contributed by atoms with Gasteiger partial charge in [-0.3, -0.25) is 9.69 Å². The van der Waals surface area contributed by atoms with E-state index in [4.69, 9.17) is 0 Å². The molecule has 0 radical (unpaired) electrons. The minimum atomic E-state index is 0.121. The molecule has 0 unspecified atom stereocenters. The van der Waals surface area contributed by atoms with Gasteiger partial charge in [0.15, 0.2) is 0 Å². The van der Waals surface area contributed by atoms with Gasteiger partial charge in [-0.25, -0.2) is 0 Å². The second kappa shape index (κ2) is 7.44. The monoisotopic (exact) mass is 362 g/mol. The van der Waals surface area contributed by atoms with Crippen LogP contribution in [0, 0.1) is 0 Å². The molecule has 2 heterocycles. The van der Waals surface area contributed by atoms with E-state index < -0.39 is 0 Å². The largest absolute Gasteiger partial charge is 0.314 e. The molecule has 4 heteroatoms. The molecule has 1 aliphatic heterocycles. The molecule has 2 aromatic carbocycles. The number of benzene rings is 2. The Morgan fingerprint density at radius 3 is 2.50 bits per heavy atom. The summed E-state index contributed by atoms with van der Waals surface area (Å²) in [6, 6.07) is 22.7. The third kappa shape index (κ3) is 3.30. The van der Waals surface area contributed by atoms with Crippen LogP contribution in [0.1, 0.15) is 22.0 Å². The van der Waals surface area contributed by atoms with Crippen LogP contribution >= 0.6 is 11.3 Å². The number of nitrogens with zero attached hydrogens (tertiary/aromatic N) is 2. The Hall–Kier alpha value is -2.43. The average molecular weight is 362 g/mol. The highest BCUT2D eigenvalue weighted by Gasteiger charge is 2.31. The number of hydrogen-bond acceptors (Lipinski definition) is 3. The second-order valence-electron chi connectivity index (χ2n) is 6.62. The van der Waals surface area contributed by atoms with Gasteiger partial charge in [-0.05, 0) is 41.1 Å². The van der Waals surface area contributed by atoms with Gasteiger partial charge in [-0.1, -0.05) is 48.5 Å². The zero-order valence-corrected chi connectivity index (χ0v) is 15.7. The van der Waals surface area contributed by atoms with Gasteiger partial charge in [0, 0.05) is 24.2 Å². The highest BCUT2D eigenvalue weighted by molar-refractivity contribution is 7.10. The lowest BCUT2D eigenvalue weighted by Crippen LogP contribution is -2.43. The smallest absolute Gasteiger partial charge is 0.240 e. The Morgan fingerprint density at radius 1 is 1.08 bits per heavy atom. The van der Waals surface area contributed by atoms with Gasteiger partial charge in [0.25, 0.3) is 0 Å². The summed E-state index contributed by atoms with van der Waals surface area (Å²) in [4.78, 5) is 18.4. The molecule has 3 nitrogen and oxygen atoms in total. The Balaban J connectivity index is 1.60. The summed E-state index contributed by atoms with van der Waals surface area (Å²) >= 11 is 1.83. The minimum Gasteiger partial charge on any atom is -0.314 e. The van der Waals surface area contributed by atoms with Crippen molar-refractivity contribution < 1.29 is 4.79 Å². The van der Waals surface area contributed by atoms with Gasteiger partial charge < -0.3 is 4.90 Å². The number of fused-ring (bicyclic) bond motifs is 1. The molecule has 0 saturated carbocycles. The summed E-state index contributed by atoms with van der Waals surface area (Å²) in [7, 11) is 1.86. The number of rotatable bonds is 4. The summed E-state index contributed by atoms with van der Waals surface area (Å²) in [5.74, 6) is 0.121. The summed E-state index contributed by atoms with van der Waals surface area (Å²) < 4.78 is 0. The number of thiophene rings is 1. The van der Waals surface area contributed by atoms with Gasteiger partial charge >= 0.3 is 0 Å². The van der Waals surface area contributed by atoms with Crippen LogP contribution in [-0.2, 0) is 11.2 Å². The molecule has 0 bridgehead atoms. The molecule has 4 rings (SSSR count). The van der Waals surface area contributed by atoms with Crippen molar-refractivity contribution in [2.75, 3.05) is 25.0 Å². The third-order valence-electron chi connectivity index (χ3n) is 5.04. The van der Waals surface area contributed by atoms with Crippen molar-refractivity contribution in [3.8, 4) is 0 Å². The van der Waals surface area contributed by atoms with Crippen LogP contribution in [0.15, 0.2) is 72.1 Å². The van der Waals surface area contributed by atoms with E-state index >= 15 is 0 Å². The minimum absolute atomic E-state index is 0.121. The number of anilines is 1. The van der Waals surface area contributed by atoms with Crippen LogP contribution in [0.3, 0.4) is 0 Å². The van der Waals surface area contributed by atoms with Crippen LogP contribution in [0.25, 0.3) is 0 Å². The molecule has 0 spiro atoms.